The minimum atomic E-state index is -0.268. The predicted molar refractivity (Wildman–Crippen MR) is 99.9 cm³/mol. The highest BCUT2D eigenvalue weighted by Crippen LogP contribution is 2.40. The Kier molecular flexibility index (Phi) is 3.97. The number of nitrogens with one attached hydrogen (secondary N) is 2. The number of anilines is 1. The van der Waals surface area contributed by atoms with Gasteiger partial charge in [0.1, 0.15) is 11.9 Å². The predicted octanol–water partition coefficient (Wildman–Crippen LogP) is 4.03. The van der Waals surface area contributed by atoms with Crippen LogP contribution in [-0.4, -0.2) is 15.1 Å². The van der Waals surface area contributed by atoms with E-state index in [1.54, 1.807) is 18.3 Å². The number of hydrogen-bond acceptors (Lipinski definition) is 2. The molecule has 1 aromatic carbocycles. The minimum absolute atomic E-state index is 0.0958. The number of H-pyrrole nitrogens is 1. The Morgan fingerprint density at radius 1 is 1.08 bits per heavy atom. The van der Waals surface area contributed by atoms with Crippen LogP contribution in [0.3, 0.4) is 0 Å². The minimum Gasteiger partial charge on any atom is -0.361 e. The molecule has 1 aliphatic rings. The normalized spacial score (nSPS) is 19.9. The van der Waals surface area contributed by atoms with Crippen molar-refractivity contribution in [2.24, 2.45) is 0 Å². The fourth-order valence-electron chi connectivity index (χ4n) is 3.25. The fourth-order valence-corrected chi connectivity index (χ4v) is 3.59. The van der Waals surface area contributed by atoms with Gasteiger partial charge in [0, 0.05) is 23.3 Å². The summed E-state index contributed by atoms with van der Waals surface area (Å²) in [6, 6.07) is 16.1. The molecule has 4 rings (SSSR count). The summed E-state index contributed by atoms with van der Waals surface area (Å²) < 4.78 is 13.4. The number of aromatic amines is 1. The summed E-state index contributed by atoms with van der Waals surface area (Å²) in [5.74, 6) is -0.268. The molecule has 2 atom stereocenters. The number of nitrogens with zero attached hydrogens (tertiary/aromatic N) is 2. The van der Waals surface area contributed by atoms with Gasteiger partial charge in [-0.3, -0.25) is 4.98 Å². The van der Waals surface area contributed by atoms with E-state index in [-0.39, 0.29) is 17.9 Å². The van der Waals surface area contributed by atoms with Crippen molar-refractivity contribution >= 4 is 23.0 Å². The highest BCUT2D eigenvalue weighted by Gasteiger charge is 2.41. The van der Waals surface area contributed by atoms with Crippen molar-refractivity contribution in [1.82, 2.24) is 15.3 Å². The molecule has 0 radical (unpaired) electrons. The van der Waals surface area contributed by atoms with E-state index < -0.39 is 0 Å². The SMILES string of the molecule is Cc1ccc([C@H]2[C@@H](c3ccccn3)NC(=S)N2c2ccc(F)cc2)[nH]1. The Morgan fingerprint density at radius 2 is 1.88 bits per heavy atom. The Balaban J connectivity index is 1.81. The maximum atomic E-state index is 13.4. The van der Waals surface area contributed by atoms with Crippen LogP contribution >= 0.6 is 12.2 Å². The summed E-state index contributed by atoms with van der Waals surface area (Å²) in [4.78, 5) is 9.92. The number of aryl methyl sites for hydroxylation is 1. The number of hydrogen-bond donors (Lipinski definition) is 2. The highest BCUT2D eigenvalue weighted by molar-refractivity contribution is 7.80. The Labute approximate surface area is 150 Å². The molecule has 0 unspecified atom stereocenters. The molecule has 0 amide bonds. The molecule has 4 nitrogen and oxygen atoms in total. The Bertz CT molecular complexity index is 891. The van der Waals surface area contributed by atoms with Gasteiger partial charge < -0.3 is 15.2 Å². The summed E-state index contributed by atoms with van der Waals surface area (Å²) in [5, 5.41) is 3.97. The molecule has 3 aromatic rings. The summed E-state index contributed by atoms with van der Waals surface area (Å²) in [6.45, 7) is 2.02. The molecule has 25 heavy (non-hydrogen) atoms. The lowest BCUT2D eigenvalue weighted by Gasteiger charge is -2.27. The van der Waals surface area contributed by atoms with Gasteiger partial charge in [0.15, 0.2) is 5.11 Å². The third kappa shape index (κ3) is 2.89. The zero-order valence-corrected chi connectivity index (χ0v) is 14.4. The van der Waals surface area contributed by atoms with Crippen LogP contribution in [-0.2, 0) is 0 Å². The first kappa shape index (κ1) is 15.8. The van der Waals surface area contributed by atoms with E-state index in [9.17, 15) is 4.39 Å². The van der Waals surface area contributed by atoms with Crippen molar-refractivity contribution in [3.05, 3.63) is 83.7 Å². The van der Waals surface area contributed by atoms with Gasteiger partial charge >= 0.3 is 0 Å². The summed E-state index contributed by atoms with van der Waals surface area (Å²) >= 11 is 5.60. The largest absolute Gasteiger partial charge is 0.361 e. The van der Waals surface area contributed by atoms with Crippen molar-refractivity contribution in [3.63, 3.8) is 0 Å². The van der Waals surface area contributed by atoms with Gasteiger partial charge in [-0.15, -0.1) is 0 Å². The summed E-state index contributed by atoms with van der Waals surface area (Å²) in [5.41, 5.74) is 3.86. The molecule has 1 aliphatic heterocycles. The van der Waals surface area contributed by atoms with Gasteiger partial charge in [0.25, 0.3) is 0 Å². The van der Waals surface area contributed by atoms with Crippen molar-refractivity contribution in [1.29, 1.82) is 0 Å². The average Bonchev–Trinajstić information content (AvgIpc) is 3.20. The topological polar surface area (TPSA) is 44.0 Å². The molecule has 6 heteroatoms. The van der Waals surface area contributed by atoms with Crippen molar-refractivity contribution in [2.45, 2.75) is 19.0 Å². The Hall–Kier alpha value is -2.73. The molecular weight excluding hydrogens is 335 g/mol. The number of pyridine rings is 1. The quantitative estimate of drug-likeness (QED) is 0.699. The monoisotopic (exact) mass is 352 g/mol. The first-order chi connectivity index (χ1) is 12.1. The zero-order chi connectivity index (χ0) is 17.4. The van der Waals surface area contributed by atoms with Crippen molar-refractivity contribution < 1.29 is 4.39 Å². The smallest absolute Gasteiger partial charge is 0.174 e. The number of thiocarbonyl (C=S) groups is 1. The van der Waals surface area contributed by atoms with E-state index in [1.807, 2.05) is 36.1 Å². The number of aromatic nitrogens is 2. The van der Waals surface area contributed by atoms with E-state index in [1.165, 1.54) is 12.1 Å². The van der Waals surface area contributed by atoms with Crippen LogP contribution in [0.2, 0.25) is 0 Å². The fraction of sp³-hybridized carbons (Fsp3) is 0.158. The zero-order valence-electron chi connectivity index (χ0n) is 13.6. The van der Waals surface area contributed by atoms with Crippen LogP contribution in [0, 0.1) is 12.7 Å². The van der Waals surface area contributed by atoms with Gasteiger partial charge in [0.2, 0.25) is 0 Å². The third-order valence-electron chi connectivity index (χ3n) is 4.38. The van der Waals surface area contributed by atoms with Gasteiger partial charge in [-0.05, 0) is 67.7 Å². The van der Waals surface area contributed by atoms with Crippen LogP contribution in [0.5, 0.6) is 0 Å². The third-order valence-corrected chi connectivity index (χ3v) is 4.69. The second kappa shape index (κ2) is 6.29. The molecule has 2 aromatic heterocycles. The van der Waals surface area contributed by atoms with Crippen LogP contribution in [0.1, 0.15) is 29.2 Å². The molecule has 1 saturated heterocycles. The number of halogens is 1. The van der Waals surface area contributed by atoms with E-state index in [2.05, 4.69) is 21.4 Å². The molecule has 0 bridgehead atoms. The van der Waals surface area contributed by atoms with Crippen LogP contribution in [0.15, 0.2) is 60.8 Å². The average molecular weight is 352 g/mol. The van der Waals surface area contributed by atoms with E-state index in [4.69, 9.17) is 12.2 Å². The first-order valence-electron chi connectivity index (χ1n) is 8.05. The maximum absolute atomic E-state index is 13.4. The summed E-state index contributed by atoms with van der Waals surface area (Å²) in [7, 11) is 0. The lowest BCUT2D eigenvalue weighted by atomic mass is 10.0. The Morgan fingerprint density at radius 3 is 2.52 bits per heavy atom. The molecular formula is C19H17FN4S. The molecule has 0 aliphatic carbocycles. The van der Waals surface area contributed by atoms with Crippen molar-refractivity contribution in [3.8, 4) is 0 Å². The molecule has 1 fully saturated rings. The summed E-state index contributed by atoms with van der Waals surface area (Å²) in [6.07, 6.45) is 1.78. The van der Waals surface area contributed by atoms with E-state index in [0.717, 1.165) is 22.8 Å². The lowest BCUT2D eigenvalue weighted by molar-refractivity contribution is 0.557. The van der Waals surface area contributed by atoms with Gasteiger partial charge in [-0.2, -0.15) is 0 Å². The van der Waals surface area contributed by atoms with Crippen LogP contribution < -0.4 is 10.2 Å². The van der Waals surface area contributed by atoms with E-state index >= 15 is 0 Å². The van der Waals surface area contributed by atoms with E-state index in [0.29, 0.717) is 5.11 Å². The van der Waals surface area contributed by atoms with Gasteiger partial charge in [-0.1, -0.05) is 6.07 Å². The van der Waals surface area contributed by atoms with Gasteiger partial charge in [0.05, 0.1) is 11.7 Å². The molecule has 0 saturated carbocycles. The number of rotatable bonds is 3. The van der Waals surface area contributed by atoms with Crippen molar-refractivity contribution in [2.75, 3.05) is 4.90 Å². The number of benzene rings is 1. The van der Waals surface area contributed by atoms with Crippen LogP contribution in [0.4, 0.5) is 10.1 Å². The molecule has 3 heterocycles. The highest BCUT2D eigenvalue weighted by atomic mass is 32.1. The van der Waals surface area contributed by atoms with Gasteiger partial charge in [-0.25, -0.2) is 4.39 Å². The molecule has 2 N–H and O–H groups in total. The molecule has 0 spiro atoms. The second-order valence-corrected chi connectivity index (χ2v) is 6.46. The second-order valence-electron chi connectivity index (χ2n) is 6.07. The standard InChI is InChI=1S/C19H17FN4S/c1-12-5-10-16(22-12)18-17(15-4-2-3-11-21-15)23-19(25)24(18)14-8-6-13(20)7-9-14/h2-11,17-18,22H,1H3,(H,23,25)/t17-,18+/m1/s1. The van der Waals surface area contributed by atoms with Crippen LogP contribution in [0.25, 0.3) is 0 Å². The molecule has 126 valence electrons. The first-order valence-corrected chi connectivity index (χ1v) is 8.46. The maximum Gasteiger partial charge on any atom is 0.174 e. The lowest BCUT2D eigenvalue weighted by Crippen LogP contribution is -2.29.